The van der Waals surface area contributed by atoms with Gasteiger partial charge in [0, 0.05) is 10.4 Å². The zero-order valence-corrected chi connectivity index (χ0v) is 16.4. The second-order valence-electron chi connectivity index (χ2n) is 6.62. The normalized spacial score (nSPS) is 18.8. The Morgan fingerprint density at radius 2 is 1.62 bits per heavy atom. The molecule has 1 heterocycles. The van der Waals surface area contributed by atoms with E-state index in [-0.39, 0.29) is 0 Å². The highest BCUT2D eigenvalue weighted by Gasteiger charge is 2.21. The van der Waals surface area contributed by atoms with Gasteiger partial charge in [0.25, 0.3) is 0 Å². The zero-order valence-electron chi connectivity index (χ0n) is 15.7. The molecule has 3 nitrogen and oxygen atoms in total. The molecular formula is C22H30ClNO2. The highest BCUT2D eigenvalue weighted by molar-refractivity contribution is 6.35. The average molecular weight is 376 g/mol. The Kier molecular flexibility index (Phi) is 10.8. The van der Waals surface area contributed by atoms with E-state index in [0.29, 0.717) is 5.92 Å². The molecule has 1 fully saturated rings. The van der Waals surface area contributed by atoms with Crippen LogP contribution in [-0.4, -0.2) is 26.7 Å². The van der Waals surface area contributed by atoms with Crippen LogP contribution in [0.1, 0.15) is 50.5 Å². The number of fused-ring (bicyclic) bond motifs is 1. The van der Waals surface area contributed by atoms with Gasteiger partial charge in [0.05, 0.1) is 0 Å². The molecule has 0 bridgehead atoms. The number of hydrogen-bond donors (Lipinski definition) is 1. The van der Waals surface area contributed by atoms with Crippen LogP contribution >= 0.6 is 11.6 Å². The maximum absolute atomic E-state index is 8.00. The summed E-state index contributed by atoms with van der Waals surface area (Å²) in [5, 5.41) is 6.97. The van der Waals surface area contributed by atoms with Gasteiger partial charge in [0.2, 0.25) is 0 Å². The molecule has 4 heteroatoms. The maximum atomic E-state index is 8.00. The number of carbonyl (C=O) groups is 2. The topological polar surface area (TPSA) is 46.2 Å². The molecule has 1 saturated heterocycles. The summed E-state index contributed by atoms with van der Waals surface area (Å²) in [5.74, 6) is 1.34. The van der Waals surface area contributed by atoms with Gasteiger partial charge in [-0.2, -0.15) is 0 Å². The van der Waals surface area contributed by atoms with Crippen LogP contribution in [-0.2, 0) is 9.59 Å². The third-order valence-electron chi connectivity index (χ3n) is 5.22. The van der Waals surface area contributed by atoms with Gasteiger partial charge in [-0.15, -0.1) is 0 Å². The lowest BCUT2D eigenvalue weighted by Gasteiger charge is -2.25. The molecule has 2 aromatic rings. The minimum atomic E-state index is 0.585. The van der Waals surface area contributed by atoms with Crippen LogP contribution in [0.15, 0.2) is 36.4 Å². The first kappa shape index (κ1) is 22.3. The highest BCUT2D eigenvalue weighted by Crippen LogP contribution is 2.36. The highest BCUT2D eigenvalue weighted by atomic mass is 35.5. The molecule has 3 rings (SSSR count). The number of benzene rings is 2. The summed E-state index contributed by atoms with van der Waals surface area (Å²) in [4.78, 5) is 16.0. The maximum Gasteiger partial charge on any atom is 0.106 e. The first-order valence-electron chi connectivity index (χ1n) is 9.23. The predicted octanol–water partition coefficient (Wildman–Crippen LogP) is 5.40. The van der Waals surface area contributed by atoms with Crippen LogP contribution < -0.4 is 5.32 Å². The van der Waals surface area contributed by atoms with E-state index in [1.165, 1.54) is 55.0 Å². The van der Waals surface area contributed by atoms with E-state index in [0.717, 1.165) is 17.5 Å². The molecule has 0 radical (unpaired) electrons. The third kappa shape index (κ3) is 5.93. The fraction of sp³-hybridized carbons (Fsp3) is 0.455. The summed E-state index contributed by atoms with van der Waals surface area (Å²) in [6.45, 7) is 8.74. The van der Waals surface area contributed by atoms with E-state index in [1.54, 1.807) is 0 Å². The van der Waals surface area contributed by atoms with Gasteiger partial charge < -0.3 is 14.9 Å². The minimum Gasteiger partial charge on any atom is -0.317 e. The van der Waals surface area contributed by atoms with Crippen molar-refractivity contribution in [2.24, 2.45) is 5.92 Å². The van der Waals surface area contributed by atoms with Crippen molar-refractivity contribution in [2.45, 2.75) is 44.9 Å². The average Bonchev–Trinajstić information content (AvgIpc) is 2.84. The van der Waals surface area contributed by atoms with Gasteiger partial charge in [-0.1, -0.05) is 61.7 Å². The molecule has 0 aliphatic carbocycles. The quantitative estimate of drug-likeness (QED) is 0.764. The number of rotatable bonds is 2. The molecule has 0 saturated carbocycles. The van der Waals surface area contributed by atoms with Crippen LogP contribution in [0.2, 0.25) is 5.02 Å². The van der Waals surface area contributed by atoms with Gasteiger partial charge >= 0.3 is 0 Å². The fourth-order valence-corrected chi connectivity index (χ4v) is 4.07. The Morgan fingerprint density at radius 3 is 2.38 bits per heavy atom. The Labute approximate surface area is 162 Å². The van der Waals surface area contributed by atoms with Crippen molar-refractivity contribution in [1.82, 2.24) is 5.32 Å². The van der Waals surface area contributed by atoms with Crippen molar-refractivity contribution in [2.75, 3.05) is 13.1 Å². The van der Waals surface area contributed by atoms with E-state index in [1.807, 2.05) is 19.6 Å². The summed E-state index contributed by atoms with van der Waals surface area (Å²) in [5.41, 5.74) is 1.46. The third-order valence-corrected chi connectivity index (χ3v) is 5.55. The molecule has 2 atom stereocenters. The van der Waals surface area contributed by atoms with Crippen molar-refractivity contribution in [1.29, 1.82) is 0 Å². The SMILES string of the molecule is C=O.C=O.CC(c1cccc2c(Cl)cccc12)C1CCCCCNCC1. The van der Waals surface area contributed by atoms with E-state index >= 15 is 0 Å². The van der Waals surface area contributed by atoms with Gasteiger partial charge in [-0.05, 0) is 61.2 Å². The first-order valence-corrected chi connectivity index (χ1v) is 9.61. The molecule has 0 spiro atoms. The number of halogens is 1. The molecular weight excluding hydrogens is 346 g/mol. The minimum absolute atomic E-state index is 0.585. The Bertz CT molecular complexity index is 650. The molecule has 2 unspecified atom stereocenters. The van der Waals surface area contributed by atoms with Crippen molar-refractivity contribution in [3.8, 4) is 0 Å². The smallest absolute Gasteiger partial charge is 0.106 e. The lowest BCUT2D eigenvalue weighted by atomic mass is 9.80. The molecule has 2 aromatic carbocycles. The van der Waals surface area contributed by atoms with Crippen LogP contribution in [0.25, 0.3) is 10.8 Å². The molecule has 26 heavy (non-hydrogen) atoms. The van der Waals surface area contributed by atoms with Crippen molar-refractivity contribution in [3.05, 3.63) is 47.0 Å². The van der Waals surface area contributed by atoms with Gasteiger partial charge in [0.15, 0.2) is 0 Å². The number of nitrogens with one attached hydrogen (secondary N) is 1. The standard InChI is InChI=1S/C20H26ClN.2CH2O/c1-15(16-7-3-2-4-13-22-14-12-16)17-8-5-10-19-18(17)9-6-11-20(19)21;2*1-2/h5-6,8-11,15-16,22H,2-4,7,12-14H2,1H3;2*1H2. The summed E-state index contributed by atoms with van der Waals surface area (Å²) in [6.07, 6.45) is 6.67. The fourth-order valence-electron chi connectivity index (χ4n) is 3.84. The largest absolute Gasteiger partial charge is 0.317 e. The van der Waals surface area contributed by atoms with Crippen LogP contribution in [0.4, 0.5) is 0 Å². The van der Waals surface area contributed by atoms with Crippen LogP contribution in [0.5, 0.6) is 0 Å². The summed E-state index contributed by atoms with van der Waals surface area (Å²) < 4.78 is 0. The number of hydrogen-bond acceptors (Lipinski definition) is 3. The van der Waals surface area contributed by atoms with Gasteiger partial charge in [0.1, 0.15) is 13.6 Å². The van der Waals surface area contributed by atoms with E-state index < -0.39 is 0 Å². The first-order chi connectivity index (χ1) is 12.8. The van der Waals surface area contributed by atoms with E-state index in [4.69, 9.17) is 21.2 Å². The second-order valence-corrected chi connectivity index (χ2v) is 7.03. The molecule has 0 aromatic heterocycles. The molecule has 1 aliphatic rings. The molecule has 1 N–H and O–H groups in total. The van der Waals surface area contributed by atoms with Gasteiger partial charge in [-0.3, -0.25) is 0 Å². The van der Waals surface area contributed by atoms with E-state index in [9.17, 15) is 0 Å². The Balaban J connectivity index is 0.000000791. The van der Waals surface area contributed by atoms with Crippen molar-refractivity contribution in [3.63, 3.8) is 0 Å². The second kappa shape index (κ2) is 12.6. The Morgan fingerprint density at radius 1 is 0.923 bits per heavy atom. The number of carbonyl (C=O) groups excluding carboxylic acids is 2. The van der Waals surface area contributed by atoms with Crippen LogP contribution in [0.3, 0.4) is 0 Å². The molecule has 142 valence electrons. The predicted molar refractivity (Wildman–Crippen MR) is 111 cm³/mol. The monoisotopic (exact) mass is 375 g/mol. The van der Waals surface area contributed by atoms with Crippen molar-refractivity contribution >= 4 is 36.0 Å². The Hall–Kier alpha value is -1.71. The summed E-state index contributed by atoms with van der Waals surface area (Å²) in [6, 6.07) is 12.9. The van der Waals surface area contributed by atoms with E-state index in [2.05, 4.69) is 42.6 Å². The van der Waals surface area contributed by atoms with Gasteiger partial charge in [-0.25, -0.2) is 0 Å². The summed E-state index contributed by atoms with van der Waals surface area (Å²) in [7, 11) is 0. The molecule has 0 amide bonds. The van der Waals surface area contributed by atoms with Crippen LogP contribution in [0, 0.1) is 5.92 Å². The lowest BCUT2D eigenvalue weighted by Crippen LogP contribution is -2.20. The molecule has 1 aliphatic heterocycles. The lowest BCUT2D eigenvalue weighted by molar-refractivity contribution is -0.0987. The summed E-state index contributed by atoms with van der Waals surface area (Å²) >= 11 is 6.38. The van der Waals surface area contributed by atoms with Crippen molar-refractivity contribution < 1.29 is 9.59 Å². The zero-order chi connectivity index (χ0) is 19.4.